The van der Waals surface area contributed by atoms with E-state index in [1.165, 1.54) is 4.90 Å². The lowest BCUT2D eigenvalue weighted by Gasteiger charge is -2.32. The number of hydrogen-bond acceptors (Lipinski definition) is 4. The Morgan fingerprint density at radius 1 is 1.03 bits per heavy atom. The highest BCUT2D eigenvalue weighted by atomic mass is 32.2. The number of sulfonamides is 1. The fourth-order valence-corrected chi connectivity index (χ4v) is 4.13. The predicted molar refractivity (Wildman–Crippen MR) is 128 cm³/mol. The molecule has 2 aromatic carbocycles. The second-order valence-corrected chi connectivity index (χ2v) is 10.1. The summed E-state index contributed by atoms with van der Waals surface area (Å²) in [7, 11) is -4.02. The molecule has 34 heavy (non-hydrogen) atoms. The van der Waals surface area contributed by atoms with E-state index in [0.717, 1.165) is 30.0 Å². The molecule has 1 N–H and O–H groups in total. The van der Waals surface area contributed by atoms with Gasteiger partial charge in [0, 0.05) is 18.7 Å². The first-order chi connectivity index (χ1) is 15.9. The van der Waals surface area contributed by atoms with Crippen molar-refractivity contribution < 1.29 is 26.8 Å². The van der Waals surface area contributed by atoms with E-state index in [1.807, 2.05) is 44.2 Å². The Kier molecular flexibility index (Phi) is 9.55. The van der Waals surface area contributed by atoms with Gasteiger partial charge in [0.25, 0.3) is 0 Å². The quantitative estimate of drug-likeness (QED) is 0.519. The van der Waals surface area contributed by atoms with Gasteiger partial charge in [-0.1, -0.05) is 37.3 Å². The van der Waals surface area contributed by atoms with Gasteiger partial charge in [-0.25, -0.2) is 17.2 Å². The zero-order chi connectivity index (χ0) is 25.5. The lowest BCUT2D eigenvalue weighted by Crippen LogP contribution is -2.53. The Labute approximate surface area is 199 Å². The van der Waals surface area contributed by atoms with Gasteiger partial charge in [-0.05, 0) is 44.4 Å². The van der Waals surface area contributed by atoms with Crippen molar-refractivity contribution in [3.05, 3.63) is 65.7 Å². The lowest BCUT2D eigenvalue weighted by atomic mass is 10.1. The normalized spacial score (nSPS) is 13.1. The van der Waals surface area contributed by atoms with Crippen LogP contribution in [0.1, 0.15) is 32.8 Å². The van der Waals surface area contributed by atoms with Crippen LogP contribution in [0.3, 0.4) is 0 Å². The first-order valence-electron chi connectivity index (χ1n) is 11.0. The number of nitrogens with one attached hydrogen (secondary N) is 1. The molecule has 0 fully saturated rings. The molecule has 0 saturated carbocycles. The number of rotatable bonds is 11. The minimum Gasteiger partial charge on any atom is -0.352 e. The molecule has 186 valence electrons. The van der Waals surface area contributed by atoms with Crippen LogP contribution in [0.2, 0.25) is 0 Å². The third-order valence-electron chi connectivity index (χ3n) is 5.52. The fraction of sp³-hybridized carbons (Fsp3) is 0.417. The number of amides is 2. The Bertz CT molecular complexity index is 1100. The Morgan fingerprint density at radius 2 is 1.68 bits per heavy atom. The van der Waals surface area contributed by atoms with E-state index in [-0.39, 0.29) is 24.2 Å². The summed E-state index contributed by atoms with van der Waals surface area (Å²) in [5, 5.41) is 2.84. The van der Waals surface area contributed by atoms with Crippen molar-refractivity contribution in [3.63, 3.8) is 0 Å². The third kappa shape index (κ3) is 7.51. The Hall–Kier alpha value is -3.01. The number of nitrogens with zero attached hydrogens (tertiary/aromatic N) is 2. The van der Waals surface area contributed by atoms with Crippen molar-refractivity contribution in [3.8, 4) is 0 Å². The summed E-state index contributed by atoms with van der Waals surface area (Å²) in [4.78, 5) is 27.4. The van der Waals surface area contributed by atoms with E-state index in [2.05, 4.69) is 5.32 Å². The Morgan fingerprint density at radius 3 is 2.24 bits per heavy atom. The van der Waals surface area contributed by atoms with Crippen LogP contribution < -0.4 is 9.62 Å². The van der Waals surface area contributed by atoms with Crippen LogP contribution in [0.4, 0.5) is 14.5 Å². The molecule has 0 unspecified atom stereocenters. The maximum atomic E-state index is 13.8. The van der Waals surface area contributed by atoms with Gasteiger partial charge in [-0.15, -0.1) is 0 Å². The van der Waals surface area contributed by atoms with Gasteiger partial charge in [0.05, 0.1) is 11.9 Å². The van der Waals surface area contributed by atoms with Gasteiger partial charge in [-0.2, -0.15) is 0 Å². The molecule has 2 amide bonds. The fourth-order valence-electron chi connectivity index (χ4n) is 3.29. The SMILES string of the molecule is CC[C@H](C)NC(=O)[C@H](C)N(CCc1ccccc1)C(=O)CN(c1ccc(F)c(F)c1)S(C)(=O)=O. The molecule has 0 radical (unpaired) electrons. The number of anilines is 1. The molecular formula is C24H31F2N3O4S. The molecule has 7 nitrogen and oxygen atoms in total. The summed E-state index contributed by atoms with van der Waals surface area (Å²) >= 11 is 0. The van der Waals surface area contributed by atoms with Gasteiger partial charge in [0.15, 0.2) is 11.6 Å². The third-order valence-corrected chi connectivity index (χ3v) is 6.66. The summed E-state index contributed by atoms with van der Waals surface area (Å²) in [5.41, 5.74) is 0.755. The summed E-state index contributed by atoms with van der Waals surface area (Å²) in [5.74, 6) is -3.38. The van der Waals surface area contributed by atoms with Crippen molar-refractivity contribution in [1.29, 1.82) is 0 Å². The maximum Gasteiger partial charge on any atom is 0.244 e. The van der Waals surface area contributed by atoms with Crippen LogP contribution in [-0.2, 0) is 26.0 Å². The van der Waals surface area contributed by atoms with Crippen LogP contribution in [0.5, 0.6) is 0 Å². The highest BCUT2D eigenvalue weighted by Crippen LogP contribution is 2.21. The molecule has 10 heteroatoms. The van der Waals surface area contributed by atoms with E-state index < -0.39 is 40.2 Å². The van der Waals surface area contributed by atoms with E-state index in [0.29, 0.717) is 17.1 Å². The van der Waals surface area contributed by atoms with Crippen molar-refractivity contribution in [2.45, 2.75) is 45.7 Å². The van der Waals surface area contributed by atoms with E-state index in [9.17, 15) is 26.8 Å². The molecule has 0 aliphatic rings. The zero-order valence-corrected chi connectivity index (χ0v) is 20.6. The zero-order valence-electron chi connectivity index (χ0n) is 19.8. The topological polar surface area (TPSA) is 86.8 Å². The number of halogens is 2. The van der Waals surface area contributed by atoms with Crippen molar-refractivity contribution in [1.82, 2.24) is 10.2 Å². The van der Waals surface area contributed by atoms with Crippen LogP contribution in [0, 0.1) is 11.6 Å². The number of benzene rings is 2. The van der Waals surface area contributed by atoms with E-state index >= 15 is 0 Å². The van der Waals surface area contributed by atoms with Crippen LogP contribution >= 0.6 is 0 Å². The maximum absolute atomic E-state index is 13.8. The summed E-state index contributed by atoms with van der Waals surface area (Å²) in [6.07, 6.45) is 2.01. The van der Waals surface area contributed by atoms with Gasteiger partial charge < -0.3 is 10.2 Å². The molecule has 0 heterocycles. The highest BCUT2D eigenvalue weighted by molar-refractivity contribution is 7.92. The van der Waals surface area contributed by atoms with Gasteiger partial charge >= 0.3 is 0 Å². The Balaban J connectivity index is 2.33. The molecule has 0 aliphatic heterocycles. The average molecular weight is 496 g/mol. The molecule has 0 aliphatic carbocycles. The molecule has 0 bridgehead atoms. The minimum atomic E-state index is -4.02. The van der Waals surface area contributed by atoms with Gasteiger partial charge in [0.1, 0.15) is 12.6 Å². The molecule has 0 saturated heterocycles. The average Bonchev–Trinajstić information content (AvgIpc) is 2.79. The minimum absolute atomic E-state index is 0.101. The second kappa shape index (κ2) is 11.9. The van der Waals surface area contributed by atoms with Crippen LogP contribution in [-0.4, -0.2) is 56.6 Å². The molecule has 0 spiro atoms. The van der Waals surface area contributed by atoms with Gasteiger partial charge in [-0.3, -0.25) is 13.9 Å². The number of hydrogen-bond donors (Lipinski definition) is 1. The summed E-state index contributed by atoms with van der Waals surface area (Å²) in [6, 6.07) is 11.0. The molecule has 2 atom stereocenters. The smallest absolute Gasteiger partial charge is 0.244 e. The number of carbonyl (C=O) groups excluding carboxylic acids is 2. The van der Waals surface area contributed by atoms with Crippen molar-refractivity contribution in [2.75, 3.05) is 23.7 Å². The summed E-state index contributed by atoms with van der Waals surface area (Å²) < 4.78 is 52.7. The highest BCUT2D eigenvalue weighted by Gasteiger charge is 2.30. The predicted octanol–water partition coefficient (Wildman–Crippen LogP) is 3.11. The van der Waals surface area contributed by atoms with Crippen molar-refractivity contribution >= 4 is 27.5 Å². The van der Waals surface area contributed by atoms with E-state index in [4.69, 9.17) is 0 Å². The number of carbonyl (C=O) groups is 2. The van der Waals surface area contributed by atoms with E-state index in [1.54, 1.807) is 6.92 Å². The monoisotopic (exact) mass is 495 g/mol. The molecular weight excluding hydrogens is 464 g/mol. The summed E-state index contributed by atoms with van der Waals surface area (Å²) in [6.45, 7) is 4.82. The standard InChI is InChI=1S/C24H31F2N3O4S/c1-5-17(2)27-24(31)18(3)28(14-13-19-9-7-6-8-10-19)23(30)16-29(34(4,32)33)20-11-12-21(25)22(26)15-20/h6-12,15,17-18H,5,13-14,16H2,1-4H3,(H,27,31)/t17-,18-/m0/s1. The molecule has 0 aromatic heterocycles. The van der Waals surface area contributed by atoms with Crippen LogP contribution in [0.25, 0.3) is 0 Å². The second-order valence-electron chi connectivity index (χ2n) is 8.18. The van der Waals surface area contributed by atoms with Gasteiger partial charge in [0.2, 0.25) is 21.8 Å². The first-order valence-corrected chi connectivity index (χ1v) is 12.8. The van der Waals surface area contributed by atoms with Crippen LogP contribution in [0.15, 0.2) is 48.5 Å². The first kappa shape index (κ1) is 27.2. The van der Waals surface area contributed by atoms with Crippen molar-refractivity contribution in [2.24, 2.45) is 0 Å². The molecule has 2 aromatic rings. The lowest BCUT2D eigenvalue weighted by molar-refractivity contribution is -0.139. The molecule has 2 rings (SSSR count). The largest absolute Gasteiger partial charge is 0.352 e.